The van der Waals surface area contributed by atoms with E-state index in [1.807, 2.05) is 0 Å². The van der Waals surface area contributed by atoms with E-state index in [0.29, 0.717) is 22.8 Å². The molecule has 2 N–H and O–H groups in total. The SMILES string of the molecule is COC(=O)c1cccc(Nc2ccc(C(=O)Nc3ccc(F)cc3)nn2)c1. The second-order valence-corrected chi connectivity index (χ2v) is 5.46. The van der Waals surface area contributed by atoms with Gasteiger partial charge >= 0.3 is 5.97 Å². The standard InChI is InChI=1S/C19H15FN4O3/c1-27-19(26)12-3-2-4-15(11-12)21-17-10-9-16(23-24-17)18(25)22-14-7-5-13(20)6-8-14/h2-11H,1H3,(H,21,24)(H,22,25). The third-order valence-corrected chi connectivity index (χ3v) is 3.56. The van der Waals surface area contributed by atoms with Gasteiger partial charge < -0.3 is 15.4 Å². The molecule has 0 radical (unpaired) electrons. The average Bonchev–Trinajstić information content (AvgIpc) is 2.70. The molecule has 7 nitrogen and oxygen atoms in total. The van der Waals surface area contributed by atoms with Crippen molar-refractivity contribution in [1.82, 2.24) is 10.2 Å². The summed E-state index contributed by atoms with van der Waals surface area (Å²) in [5, 5.41) is 13.4. The van der Waals surface area contributed by atoms with Crippen molar-refractivity contribution in [3.05, 3.63) is 77.7 Å². The summed E-state index contributed by atoms with van der Waals surface area (Å²) in [5.74, 6) is -0.902. The molecule has 0 aliphatic rings. The lowest BCUT2D eigenvalue weighted by Gasteiger charge is -2.07. The highest BCUT2D eigenvalue weighted by Gasteiger charge is 2.10. The Labute approximate surface area is 154 Å². The Morgan fingerprint density at radius 3 is 2.41 bits per heavy atom. The summed E-state index contributed by atoms with van der Waals surface area (Å²) in [6.45, 7) is 0. The number of carbonyl (C=O) groups is 2. The van der Waals surface area contributed by atoms with Gasteiger partial charge in [-0.25, -0.2) is 9.18 Å². The molecule has 0 fully saturated rings. The molecule has 3 aromatic rings. The maximum absolute atomic E-state index is 12.9. The molecule has 2 aromatic carbocycles. The van der Waals surface area contributed by atoms with Crippen molar-refractivity contribution in [3.8, 4) is 0 Å². The van der Waals surface area contributed by atoms with Crippen molar-refractivity contribution < 1.29 is 18.7 Å². The van der Waals surface area contributed by atoms with E-state index in [4.69, 9.17) is 0 Å². The van der Waals surface area contributed by atoms with Gasteiger partial charge in [-0.15, -0.1) is 10.2 Å². The Kier molecular flexibility index (Phi) is 5.36. The summed E-state index contributed by atoms with van der Waals surface area (Å²) < 4.78 is 17.6. The summed E-state index contributed by atoms with van der Waals surface area (Å²) in [4.78, 5) is 23.7. The maximum Gasteiger partial charge on any atom is 0.337 e. The topological polar surface area (TPSA) is 93.2 Å². The van der Waals surface area contributed by atoms with Crippen molar-refractivity contribution in [3.63, 3.8) is 0 Å². The van der Waals surface area contributed by atoms with Crippen LogP contribution in [-0.4, -0.2) is 29.2 Å². The van der Waals surface area contributed by atoms with E-state index >= 15 is 0 Å². The molecule has 8 heteroatoms. The minimum Gasteiger partial charge on any atom is -0.465 e. The highest BCUT2D eigenvalue weighted by atomic mass is 19.1. The number of halogens is 1. The van der Waals surface area contributed by atoms with Crippen LogP contribution in [0.5, 0.6) is 0 Å². The number of benzene rings is 2. The number of hydrogen-bond acceptors (Lipinski definition) is 6. The Bertz CT molecular complexity index is 959. The first-order chi connectivity index (χ1) is 13.0. The molecule has 27 heavy (non-hydrogen) atoms. The fourth-order valence-corrected chi connectivity index (χ4v) is 2.24. The van der Waals surface area contributed by atoms with E-state index in [1.54, 1.807) is 30.3 Å². The molecule has 3 rings (SSSR count). The molecular weight excluding hydrogens is 351 g/mol. The number of esters is 1. The van der Waals surface area contributed by atoms with Gasteiger partial charge in [0, 0.05) is 11.4 Å². The summed E-state index contributed by atoms with van der Waals surface area (Å²) >= 11 is 0. The molecule has 0 aliphatic carbocycles. The largest absolute Gasteiger partial charge is 0.465 e. The molecule has 0 aliphatic heterocycles. The molecule has 1 aromatic heterocycles. The van der Waals surface area contributed by atoms with Gasteiger partial charge in [-0.1, -0.05) is 6.07 Å². The minimum absolute atomic E-state index is 0.105. The number of nitrogens with zero attached hydrogens (tertiary/aromatic N) is 2. The molecule has 0 saturated carbocycles. The van der Waals surface area contributed by atoms with Crippen LogP contribution < -0.4 is 10.6 Å². The zero-order valence-electron chi connectivity index (χ0n) is 14.3. The van der Waals surface area contributed by atoms with E-state index in [-0.39, 0.29) is 11.5 Å². The predicted octanol–water partition coefficient (Wildman–Crippen LogP) is 3.40. The van der Waals surface area contributed by atoms with Crippen LogP contribution >= 0.6 is 0 Å². The van der Waals surface area contributed by atoms with Crippen LogP contribution in [0.15, 0.2) is 60.7 Å². The second kappa shape index (κ2) is 8.05. The number of anilines is 3. The second-order valence-electron chi connectivity index (χ2n) is 5.46. The number of nitrogens with one attached hydrogen (secondary N) is 2. The van der Waals surface area contributed by atoms with Crippen molar-refractivity contribution >= 4 is 29.1 Å². The summed E-state index contributed by atoms with van der Waals surface area (Å²) in [6, 6.07) is 15.2. The number of carbonyl (C=O) groups excluding carboxylic acids is 2. The number of aromatic nitrogens is 2. The lowest BCUT2D eigenvalue weighted by molar-refractivity contribution is 0.0600. The molecule has 0 unspecified atom stereocenters. The van der Waals surface area contributed by atoms with Crippen LogP contribution in [-0.2, 0) is 4.74 Å². The molecule has 0 saturated heterocycles. The number of hydrogen-bond donors (Lipinski definition) is 2. The summed E-state index contributed by atoms with van der Waals surface area (Å²) in [7, 11) is 1.31. The summed E-state index contributed by atoms with van der Waals surface area (Å²) in [6.07, 6.45) is 0. The highest BCUT2D eigenvalue weighted by molar-refractivity contribution is 6.02. The Hall–Kier alpha value is -3.81. The van der Waals surface area contributed by atoms with Crippen molar-refractivity contribution in [2.45, 2.75) is 0 Å². The van der Waals surface area contributed by atoms with Gasteiger partial charge in [-0.05, 0) is 54.6 Å². The van der Waals surface area contributed by atoms with Crippen LogP contribution in [0.3, 0.4) is 0 Å². The lowest BCUT2D eigenvalue weighted by Crippen LogP contribution is -2.14. The minimum atomic E-state index is -0.464. The van der Waals surface area contributed by atoms with E-state index in [0.717, 1.165) is 0 Å². The fraction of sp³-hybridized carbons (Fsp3) is 0.0526. The molecule has 1 heterocycles. The smallest absolute Gasteiger partial charge is 0.337 e. The number of rotatable bonds is 5. The quantitative estimate of drug-likeness (QED) is 0.672. The first kappa shape index (κ1) is 18.0. The van der Waals surface area contributed by atoms with Gasteiger partial charge in [0.1, 0.15) is 5.82 Å². The number of methoxy groups -OCH3 is 1. The van der Waals surface area contributed by atoms with Gasteiger partial charge in [0.05, 0.1) is 12.7 Å². The molecule has 0 atom stereocenters. The van der Waals surface area contributed by atoms with Gasteiger partial charge in [-0.3, -0.25) is 4.79 Å². The van der Waals surface area contributed by atoms with Gasteiger partial charge in [0.2, 0.25) is 0 Å². The first-order valence-electron chi connectivity index (χ1n) is 7.91. The Morgan fingerprint density at radius 1 is 0.963 bits per heavy atom. The molecule has 0 spiro atoms. The summed E-state index contributed by atoms with van der Waals surface area (Å²) in [5.41, 5.74) is 1.57. The normalized spacial score (nSPS) is 10.1. The zero-order valence-corrected chi connectivity index (χ0v) is 14.3. The molecule has 136 valence electrons. The van der Waals surface area contributed by atoms with Gasteiger partial charge in [0.25, 0.3) is 5.91 Å². The van der Waals surface area contributed by atoms with E-state index in [2.05, 4.69) is 25.6 Å². The van der Waals surface area contributed by atoms with E-state index in [1.165, 1.54) is 37.4 Å². The zero-order chi connectivity index (χ0) is 19.2. The average molecular weight is 366 g/mol. The van der Waals surface area contributed by atoms with Crippen LogP contribution in [0, 0.1) is 5.82 Å². The van der Waals surface area contributed by atoms with Gasteiger partial charge in [-0.2, -0.15) is 0 Å². The lowest BCUT2D eigenvalue weighted by atomic mass is 10.2. The van der Waals surface area contributed by atoms with Crippen molar-refractivity contribution in [1.29, 1.82) is 0 Å². The maximum atomic E-state index is 12.9. The number of ether oxygens (including phenoxy) is 1. The van der Waals surface area contributed by atoms with E-state index < -0.39 is 11.9 Å². The highest BCUT2D eigenvalue weighted by Crippen LogP contribution is 2.17. The molecule has 1 amide bonds. The number of amides is 1. The van der Waals surface area contributed by atoms with E-state index in [9.17, 15) is 14.0 Å². The van der Waals surface area contributed by atoms with Crippen LogP contribution in [0.25, 0.3) is 0 Å². The predicted molar refractivity (Wildman–Crippen MR) is 97.4 cm³/mol. The van der Waals surface area contributed by atoms with Crippen molar-refractivity contribution in [2.24, 2.45) is 0 Å². The van der Waals surface area contributed by atoms with Crippen molar-refractivity contribution in [2.75, 3.05) is 17.7 Å². The molecule has 0 bridgehead atoms. The van der Waals surface area contributed by atoms with Crippen LogP contribution in [0.1, 0.15) is 20.8 Å². The van der Waals surface area contributed by atoms with Crippen LogP contribution in [0.2, 0.25) is 0 Å². The fourth-order valence-electron chi connectivity index (χ4n) is 2.24. The molecular formula is C19H15FN4O3. The third-order valence-electron chi connectivity index (χ3n) is 3.56. The van der Waals surface area contributed by atoms with Gasteiger partial charge in [0.15, 0.2) is 11.5 Å². The van der Waals surface area contributed by atoms with Crippen LogP contribution in [0.4, 0.5) is 21.6 Å². The first-order valence-corrected chi connectivity index (χ1v) is 7.91. The Morgan fingerprint density at radius 2 is 1.74 bits per heavy atom. The monoisotopic (exact) mass is 366 g/mol. The Balaban J connectivity index is 1.67. The third kappa shape index (κ3) is 4.63.